The number of hydrogen-bond donors (Lipinski definition) is 2. The topological polar surface area (TPSA) is 50.4 Å². The fourth-order valence-corrected chi connectivity index (χ4v) is 4.12. The molecule has 28 heavy (non-hydrogen) atoms. The van der Waals surface area contributed by atoms with Crippen LogP contribution in [0.2, 0.25) is 0 Å². The highest BCUT2D eigenvalue weighted by Crippen LogP contribution is 2.28. The predicted octanol–water partition coefficient (Wildman–Crippen LogP) is 4.63. The Morgan fingerprint density at radius 2 is 1.79 bits per heavy atom. The number of rotatable bonds is 5. The Kier molecular flexibility index (Phi) is 5.58. The van der Waals surface area contributed by atoms with Crippen molar-refractivity contribution in [1.29, 1.82) is 0 Å². The molecule has 0 bridgehead atoms. The molecule has 4 rings (SSSR count). The van der Waals surface area contributed by atoms with Gasteiger partial charge < -0.3 is 15.4 Å². The van der Waals surface area contributed by atoms with Crippen molar-refractivity contribution in [1.82, 2.24) is 10.6 Å². The monoisotopic (exact) mass is 374 g/mol. The SMILES string of the molecule is C[C@@H](OC(=O)NCC1CNCC1c1ccccc1)c1cccc2ccccc12. The molecule has 0 aliphatic carbocycles. The second-order valence-electron chi connectivity index (χ2n) is 7.43. The molecule has 0 radical (unpaired) electrons. The molecular weight excluding hydrogens is 348 g/mol. The summed E-state index contributed by atoms with van der Waals surface area (Å²) in [6.45, 7) is 4.37. The molecule has 3 atom stereocenters. The lowest BCUT2D eigenvalue weighted by Gasteiger charge is -2.21. The minimum absolute atomic E-state index is 0.308. The third-order valence-corrected chi connectivity index (χ3v) is 5.62. The van der Waals surface area contributed by atoms with E-state index in [0.717, 1.165) is 29.4 Å². The highest BCUT2D eigenvalue weighted by atomic mass is 16.6. The molecule has 1 aliphatic rings. The molecule has 1 amide bonds. The second-order valence-corrected chi connectivity index (χ2v) is 7.43. The van der Waals surface area contributed by atoms with Crippen LogP contribution in [0, 0.1) is 5.92 Å². The van der Waals surface area contributed by atoms with Gasteiger partial charge in [0.05, 0.1) is 0 Å². The van der Waals surface area contributed by atoms with E-state index < -0.39 is 0 Å². The summed E-state index contributed by atoms with van der Waals surface area (Å²) >= 11 is 0. The van der Waals surface area contributed by atoms with Crippen LogP contribution in [0.1, 0.15) is 30.1 Å². The molecular formula is C24H26N2O2. The molecule has 1 heterocycles. The van der Waals surface area contributed by atoms with Gasteiger partial charge in [0.2, 0.25) is 0 Å². The summed E-state index contributed by atoms with van der Waals surface area (Å²) < 4.78 is 5.67. The zero-order valence-electron chi connectivity index (χ0n) is 16.1. The first-order valence-corrected chi connectivity index (χ1v) is 9.90. The normalized spacial score (nSPS) is 20.0. The molecule has 2 N–H and O–H groups in total. The van der Waals surface area contributed by atoms with Gasteiger partial charge in [-0.3, -0.25) is 0 Å². The Bertz CT molecular complexity index is 936. The fourth-order valence-electron chi connectivity index (χ4n) is 4.12. The number of carbonyl (C=O) groups is 1. The maximum absolute atomic E-state index is 12.4. The van der Waals surface area contributed by atoms with Crippen LogP contribution >= 0.6 is 0 Å². The number of benzene rings is 3. The molecule has 3 aromatic rings. The van der Waals surface area contributed by atoms with Crippen LogP contribution in [-0.4, -0.2) is 25.7 Å². The van der Waals surface area contributed by atoms with Crippen molar-refractivity contribution in [3.05, 3.63) is 83.9 Å². The van der Waals surface area contributed by atoms with Crippen LogP contribution in [0.3, 0.4) is 0 Å². The zero-order valence-corrected chi connectivity index (χ0v) is 16.1. The summed E-state index contributed by atoms with van der Waals surface area (Å²) in [5.74, 6) is 0.778. The Morgan fingerprint density at radius 1 is 1.04 bits per heavy atom. The molecule has 4 nitrogen and oxygen atoms in total. The maximum atomic E-state index is 12.4. The van der Waals surface area contributed by atoms with E-state index in [9.17, 15) is 4.79 Å². The molecule has 1 saturated heterocycles. The number of ether oxygens (including phenoxy) is 1. The van der Waals surface area contributed by atoms with Gasteiger partial charge in [-0.25, -0.2) is 4.79 Å². The van der Waals surface area contributed by atoms with Gasteiger partial charge >= 0.3 is 6.09 Å². The standard InChI is InChI=1S/C24H26N2O2/c1-17(21-13-7-11-18-10-5-6-12-22(18)21)28-24(27)26-15-20-14-25-16-23(20)19-8-3-2-4-9-19/h2-13,17,20,23,25H,14-16H2,1H3,(H,26,27)/t17-,20?,23?/m1/s1. The molecule has 4 heteroatoms. The van der Waals surface area contributed by atoms with E-state index in [4.69, 9.17) is 4.74 Å². The van der Waals surface area contributed by atoms with Gasteiger partial charge in [0.15, 0.2) is 0 Å². The van der Waals surface area contributed by atoms with E-state index in [1.807, 2.05) is 37.3 Å². The van der Waals surface area contributed by atoms with E-state index in [-0.39, 0.29) is 12.2 Å². The Labute approximate surface area is 165 Å². The van der Waals surface area contributed by atoms with Crippen molar-refractivity contribution < 1.29 is 9.53 Å². The number of hydrogen-bond acceptors (Lipinski definition) is 3. The van der Waals surface area contributed by atoms with Crippen molar-refractivity contribution in [2.45, 2.75) is 18.9 Å². The molecule has 3 aromatic carbocycles. The largest absolute Gasteiger partial charge is 0.442 e. The van der Waals surface area contributed by atoms with Gasteiger partial charge in [-0.05, 0) is 29.2 Å². The van der Waals surface area contributed by atoms with Gasteiger partial charge in [-0.15, -0.1) is 0 Å². The molecule has 144 valence electrons. The van der Waals surface area contributed by atoms with E-state index >= 15 is 0 Å². The minimum atomic E-state index is -0.362. The van der Waals surface area contributed by atoms with E-state index in [0.29, 0.717) is 18.4 Å². The summed E-state index contributed by atoms with van der Waals surface area (Å²) in [6, 6.07) is 24.7. The second kappa shape index (κ2) is 8.44. The van der Waals surface area contributed by atoms with Gasteiger partial charge in [0, 0.05) is 31.1 Å². The average Bonchev–Trinajstić information content (AvgIpc) is 3.21. The van der Waals surface area contributed by atoms with Crippen LogP contribution in [-0.2, 0) is 4.74 Å². The average molecular weight is 374 g/mol. The first-order valence-electron chi connectivity index (χ1n) is 9.90. The number of alkyl carbamates (subject to hydrolysis) is 1. The highest BCUT2D eigenvalue weighted by Gasteiger charge is 2.28. The fraction of sp³-hybridized carbons (Fsp3) is 0.292. The van der Waals surface area contributed by atoms with Gasteiger partial charge in [-0.1, -0.05) is 72.8 Å². The molecule has 0 saturated carbocycles. The van der Waals surface area contributed by atoms with Gasteiger partial charge in [0.1, 0.15) is 6.10 Å². The first kappa shape index (κ1) is 18.5. The smallest absolute Gasteiger partial charge is 0.407 e. The van der Waals surface area contributed by atoms with Crippen molar-refractivity contribution in [3.8, 4) is 0 Å². The molecule has 2 unspecified atom stereocenters. The first-order chi connectivity index (χ1) is 13.7. The third-order valence-electron chi connectivity index (χ3n) is 5.62. The zero-order chi connectivity index (χ0) is 19.3. The van der Waals surface area contributed by atoms with E-state index in [2.05, 4.69) is 53.1 Å². The van der Waals surface area contributed by atoms with Crippen LogP contribution in [0.4, 0.5) is 4.79 Å². The van der Waals surface area contributed by atoms with Gasteiger partial charge in [0.25, 0.3) is 0 Å². The molecule has 1 aliphatic heterocycles. The summed E-state index contributed by atoms with van der Waals surface area (Å²) in [6.07, 6.45) is -0.670. The Hall–Kier alpha value is -2.85. The molecule has 0 aromatic heterocycles. The lowest BCUT2D eigenvalue weighted by atomic mass is 9.89. The van der Waals surface area contributed by atoms with E-state index in [1.165, 1.54) is 5.56 Å². The number of fused-ring (bicyclic) bond motifs is 1. The molecule has 0 spiro atoms. The number of carbonyl (C=O) groups excluding carboxylic acids is 1. The van der Waals surface area contributed by atoms with Crippen LogP contribution in [0.25, 0.3) is 10.8 Å². The summed E-state index contributed by atoms with van der Waals surface area (Å²) in [7, 11) is 0. The van der Waals surface area contributed by atoms with Crippen LogP contribution in [0.15, 0.2) is 72.8 Å². The lowest BCUT2D eigenvalue weighted by Crippen LogP contribution is -2.33. The van der Waals surface area contributed by atoms with Gasteiger partial charge in [-0.2, -0.15) is 0 Å². The maximum Gasteiger partial charge on any atom is 0.407 e. The Morgan fingerprint density at radius 3 is 2.64 bits per heavy atom. The lowest BCUT2D eigenvalue weighted by molar-refractivity contribution is 0.106. The van der Waals surface area contributed by atoms with Crippen molar-refractivity contribution >= 4 is 16.9 Å². The van der Waals surface area contributed by atoms with Crippen molar-refractivity contribution in [3.63, 3.8) is 0 Å². The summed E-state index contributed by atoms with van der Waals surface area (Å²) in [5.41, 5.74) is 2.34. The van der Waals surface area contributed by atoms with Crippen LogP contribution < -0.4 is 10.6 Å². The van der Waals surface area contributed by atoms with Crippen molar-refractivity contribution in [2.75, 3.05) is 19.6 Å². The van der Waals surface area contributed by atoms with Crippen LogP contribution in [0.5, 0.6) is 0 Å². The third kappa shape index (κ3) is 4.02. The quantitative estimate of drug-likeness (QED) is 0.685. The van der Waals surface area contributed by atoms with Crippen molar-refractivity contribution in [2.24, 2.45) is 5.92 Å². The Balaban J connectivity index is 1.36. The summed E-state index contributed by atoms with van der Waals surface area (Å²) in [5, 5.41) is 8.68. The minimum Gasteiger partial charge on any atom is -0.442 e. The summed E-state index contributed by atoms with van der Waals surface area (Å²) in [4.78, 5) is 12.4. The highest BCUT2D eigenvalue weighted by molar-refractivity contribution is 5.86. The number of nitrogens with one attached hydrogen (secondary N) is 2. The van der Waals surface area contributed by atoms with E-state index in [1.54, 1.807) is 0 Å². The predicted molar refractivity (Wildman–Crippen MR) is 112 cm³/mol. The molecule has 1 fully saturated rings. The number of amides is 1.